The summed E-state index contributed by atoms with van der Waals surface area (Å²) in [5.41, 5.74) is 0.890. The third-order valence-electron chi connectivity index (χ3n) is 3.05. The van der Waals surface area contributed by atoms with Crippen LogP contribution in [0.3, 0.4) is 0 Å². The van der Waals surface area contributed by atoms with E-state index in [1.807, 2.05) is 18.2 Å². The predicted octanol–water partition coefficient (Wildman–Crippen LogP) is 1.22. The van der Waals surface area contributed by atoms with Crippen LogP contribution in [0.1, 0.15) is 18.4 Å². The van der Waals surface area contributed by atoms with E-state index in [2.05, 4.69) is 10.2 Å². The standard InChI is InChI=1S/C13H20N2O3/c1-16-13-10(9-17-14)4-2-6-12(13)18-11-5-3-7-15-8-11/h2,4,6,11,15H,3,5,7-9,14H2,1H3. The van der Waals surface area contributed by atoms with Crippen LogP contribution in [0.4, 0.5) is 0 Å². The van der Waals surface area contributed by atoms with Crippen LogP contribution in [0.5, 0.6) is 11.5 Å². The van der Waals surface area contributed by atoms with Gasteiger partial charge in [-0.2, -0.15) is 0 Å². The molecule has 1 aliphatic rings. The molecule has 0 bridgehead atoms. The second-order valence-electron chi connectivity index (χ2n) is 4.35. The average molecular weight is 252 g/mol. The molecular formula is C13H20N2O3. The number of hydrogen-bond donors (Lipinski definition) is 2. The van der Waals surface area contributed by atoms with Gasteiger partial charge in [-0.1, -0.05) is 12.1 Å². The first-order valence-electron chi connectivity index (χ1n) is 6.20. The lowest BCUT2D eigenvalue weighted by Gasteiger charge is -2.25. The summed E-state index contributed by atoms with van der Waals surface area (Å²) in [6, 6.07) is 5.74. The molecule has 1 aliphatic heterocycles. The number of nitrogens with one attached hydrogen (secondary N) is 1. The number of ether oxygens (including phenoxy) is 2. The van der Waals surface area contributed by atoms with Crippen LogP contribution in [0.15, 0.2) is 18.2 Å². The number of methoxy groups -OCH3 is 1. The lowest BCUT2D eigenvalue weighted by molar-refractivity contribution is 0.120. The van der Waals surface area contributed by atoms with E-state index in [0.29, 0.717) is 12.4 Å². The highest BCUT2D eigenvalue weighted by Crippen LogP contribution is 2.32. The Labute approximate surface area is 107 Å². The van der Waals surface area contributed by atoms with Crippen LogP contribution >= 0.6 is 0 Å². The quantitative estimate of drug-likeness (QED) is 0.771. The molecule has 1 aromatic rings. The summed E-state index contributed by atoms with van der Waals surface area (Å²) in [5.74, 6) is 6.57. The maximum atomic E-state index is 5.98. The van der Waals surface area contributed by atoms with Crippen LogP contribution < -0.4 is 20.7 Å². The molecule has 0 amide bonds. The zero-order valence-corrected chi connectivity index (χ0v) is 10.6. The molecule has 100 valence electrons. The SMILES string of the molecule is COc1c(CON)cccc1OC1CCCNC1. The molecule has 18 heavy (non-hydrogen) atoms. The molecule has 0 aromatic heterocycles. The summed E-state index contributed by atoms with van der Waals surface area (Å²) in [4.78, 5) is 4.67. The molecule has 1 saturated heterocycles. The Balaban J connectivity index is 2.12. The fourth-order valence-corrected chi connectivity index (χ4v) is 2.19. The van der Waals surface area contributed by atoms with Crippen molar-refractivity contribution in [3.05, 3.63) is 23.8 Å². The van der Waals surface area contributed by atoms with Gasteiger partial charge in [0.1, 0.15) is 6.10 Å². The maximum Gasteiger partial charge on any atom is 0.166 e. The Morgan fingerprint density at radius 3 is 3.00 bits per heavy atom. The second-order valence-corrected chi connectivity index (χ2v) is 4.35. The average Bonchev–Trinajstić information content (AvgIpc) is 2.41. The predicted molar refractivity (Wildman–Crippen MR) is 68.5 cm³/mol. The maximum absolute atomic E-state index is 5.98. The van der Waals surface area contributed by atoms with Gasteiger partial charge in [-0.25, -0.2) is 5.90 Å². The lowest BCUT2D eigenvalue weighted by atomic mass is 10.1. The molecule has 1 heterocycles. The summed E-state index contributed by atoms with van der Waals surface area (Å²) < 4.78 is 11.4. The Morgan fingerprint density at radius 1 is 1.44 bits per heavy atom. The molecule has 1 atom stereocenters. The first-order chi connectivity index (χ1) is 8.85. The fourth-order valence-electron chi connectivity index (χ4n) is 2.19. The Hall–Kier alpha value is -1.30. The fraction of sp³-hybridized carbons (Fsp3) is 0.538. The minimum Gasteiger partial charge on any atom is -0.492 e. The van der Waals surface area contributed by atoms with E-state index in [1.165, 1.54) is 0 Å². The molecular weight excluding hydrogens is 232 g/mol. The Kier molecular flexibility index (Phi) is 4.81. The number of para-hydroxylation sites is 1. The van der Waals surface area contributed by atoms with Crippen molar-refractivity contribution in [3.8, 4) is 11.5 Å². The molecule has 5 heteroatoms. The molecule has 2 rings (SSSR count). The highest BCUT2D eigenvalue weighted by Gasteiger charge is 2.17. The van der Waals surface area contributed by atoms with Crippen molar-refractivity contribution >= 4 is 0 Å². The van der Waals surface area contributed by atoms with Crippen molar-refractivity contribution in [1.82, 2.24) is 5.32 Å². The Bertz CT molecular complexity index is 378. The number of piperidine rings is 1. The number of nitrogens with two attached hydrogens (primary N) is 1. The Morgan fingerprint density at radius 2 is 2.33 bits per heavy atom. The third-order valence-corrected chi connectivity index (χ3v) is 3.05. The van der Waals surface area contributed by atoms with Gasteiger partial charge in [-0.15, -0.1) is 0 Å². The molecule has 3 N–H and O–H groups in total. The zero-order chi connectivity index (χ0) is 12.8. The topological polar surface area (TPSA) is 65.7 Å². The molecule has 1 fully saturated rings. The first-order valence-corrected chi connectivity index (χ1v) is 6.20. The van der Waals surface area contributed by atoms with E-state index >= 15 is 0 Å². The van der Waals surface area contributed by atoms with E-state index in [0.717, 1.165) is 37.2 Å². The summed E-state index contributed by atoms with van der Waals surface area (Å²) >= 11 is 0. The first kappa shape index (κ1) is 13.1. The minimum atomic E-state index is 0.196. The van der Waals surface area contributed by atoms with E-state index in [4.69, 9.17) is 15.4 Å². The zero-order valence-electron chi connectivity index (χ0n) is 10.6. The molecule has 0 saturated carbocycles. The highest BCUT2D eigenvalue weighted by molar-refractivity contribution is 5.46. The summed E-state index contributed by atoms with van der Waals surface area (Å²) in [5, 5.41) is 3.32. The van der Waals surface area contributed by atoms with Gasteiger partial charge in [0.05, 0.1) is 13.7 Å². The van der Waals surface area contributed by atoms with Gasteiger partial charge in [0.2, 0.25) is 0 Å². The minimum absolute atomic E-state index is 0.196. The van der Waals surface area contributed by atoms with Gasteiger partial charge in [0, 0.05) is 12.1 Å². The second kappa shape index (κ2) is 6.58. The number of benzene rings is 1. The third kappa shape index (κ3) is 3.13. The van der Waals surface area contributed by atoms with Crippen LogP contribution in [-0.2, 0) is 11.4 Å². The van der Waals surface area contributed by atoms with Gasteiger partial charge < -0.3 is 14.8 Å². The molecule has 0 aliphatic carbocycles. The van der Waals surface area contributed by atoms with E-state index < -0.39 is 0 Å². The summed E-state index contributed by atoms with van der Waals surface area (Å²) in [6.45, 7) is 2.25. The monoisotopic (exact) mass is 252 g/mol. The van der Waals surface area contributed by atoms with Crippen LogP contribution in [0.2, 0.25) is 0 Å². The lowest BCUT2D eigenvalue weighted by Crippen LogP contribution is -2.37. The number of rotatable bonds is 5. The van der Waals surface area contributed by atoms with Gasteiger partial charge in [0.15, 0.2) is 11.5 Å². The van der Waals surface area contributed by atoms with Crippen LogP contribution in [-0.4, -0.2) is 26.3 Å². The smallest absolute Gasteiger partial charge is 0.166 e. The highest BCUT2D eigenvalue weighted by atomic mass is 16.6. The van der Waals surface area contributed by atoms with Gasteiger partial charge in [-0.3, -0.25) is 4.84 Å². The van der Waals surface area contributed by atoms with Gasteiger partial charge in [0.25, 0.3) is 0 Å². The summed E-state index contributed by atoms with van der Waals surface area (Å²) in [7, 11) is 1.63. The van der Waals surface area contributed by atoms with Crippen molar-refractivity contribution < 1.29 is 14.3 Å². The van der Waals surface area contributed by atoms with E-state index in [1.54, 1.807) is 7.11 Å². The van der Waals surface area contributed by atoms with Gasteiger partial charge in [-0.05, 0) is 25.5 Å². The molecule has 5 nitrogen and oxygen atoms in total. The van der Waals surface area contributed by atoms with E-state index in [-0.39, 0.29) is 6.10 Å². The van der Waals surface area contributed by atoms with Crippen molar-refractivity contribution in [2.75, 3.05) is 20.2 Å². The van der Waals surface area contributed by atoms with Crippen LogP contribution in [0, 0.1) is 0 Å². The van der Waals surface area contributed by atoms with Gasteiger partial charge >= 0.3 is 0 Å². The van der Waals surface area contributed by atoms with Crippen molar-refractivity contribution in [2.24, 2.45) is 5.90 Å². The van der Waals surface area contributed by atoms with Crippen molar-refractivity contribution in [2.45, 2.75) is 25.6 Å². The molecule has 1 unspecified atom stereocenters. The van der Waals surface area contributed by atoms with Crippen LogP contribution in [0.25, 0.3) is 0 Å². The summed E-state index contributed by atoms with van der Waals surface area (Å²) in [6.07, 6.45) is 2.40. The molecule has 0 spiro atoms. The van der Waals surface area contributed by atoms with Crippen molar-refractivity contribution in [3.63, 3.8) is 0 Å². The molecule has 0 radical (unpaired) electrons. The van der Waals surface area contributed by atoms with Crippen molar-refractivity contribution in [1.29, 1.82) is 0 Å². The van der Waals surface area contributed by atoms with E-state index in [9.17, 15) is 0 Å². The largest absolute Gasteiger partial charge is 0.492 e. The number of hydrogen-bond acceptors (Lipinski definition) is 5. The molecule has 1 aromatic carbocycles. The normalized spacial score (nSPS) is 19.6.